The molecule has 2 aliphatic rings. The Labute approximate surface area is 242 Å². The number of halogens is 1. The summed E-state index contributed by atoms with van der Waals surface area (Å²) in [5.74, 6) is 1.57. The normalized spacial score (nSPS) is 19.8. The number of pyridine rings is 1. The number of carbonyl (C=O) groups excluding carboxylic acids is 1. The maximum atomic E-state index is 15.6. The summed E-state index contributed by atoms with van der Waals surface area (Å²) in [7, 11) is 1.93. The number of likely N-dealkylation sites (tertiary alicyclic amines) is 1. The Kier molecular flexibility index (Phi) is 6.33. The average molecular weight is 564 g/mol. The van der Waals surface area contributed by atoms with Gasteiger partial charge in [0.05, 0.1) is 28.6 Å². The van der Waals surface area contributed by atoms with Gasteiger partial charge in [-0.15, -0.1) is 0 Å². The van der Waals surface area contributed by atoms with Crippen LogP contribution in [-0.2, 0) is 11.8 Å². The Balaban J connectivity index is 1.15. The molecule has 3 atom stereocenters. The molecule has 42 heavy (non-hydrogen) atoms. The van der Waals surface area contributed by atoms with E-state index in [2.05, 4.69) is 26.8 Å². The third-order valence-electron chi connectivity index (χ3n) is 8.74. The fourth-order valence-corrected chi connectivity index (χ4v) is 6.60. The predicted octanol–water partition coefficient (Wildman–Crippen LogP) is 6.18. The first kappa shape index (κ1) is 26.1. The summed E-state index contributed by atoms with van der Waals surface area (Å²) in [4.78, 5) is 32.4. The van der Waals surface area contributed by atoms with Crippen LogP contribution in [0.3, 0.4) is 0 Å². The monoisotopic (exact) mass is 563 g/mol. The molecule has 1 amide bonds. The Morgan fingerprint density at radius 1 is 1.10 bits per heavy atom. The molecular weight excluding hydrogens is 533 g/mol. The smallest absolute Gasteiger partial charge is 0.246 e. The first-order valence-corrected chi connectivity index (χ1v) is 14.1. The van der Waals surface area contributed by atoms with E-state index in [0.29, 0.717) is 39.8 Å². The molecule has 9 nitrogen and oxygen atoms in total. The van der Waals surface area contributed by atoms with E-state index < -0.39 is 5.82 Å². The van der Waals surface area contributed by atoms with Gasteiger partial charge in [0.2, 0.25) is 5.91 Å². The number of benzene rings is 2. The van der Waals surface area contributed by atoms with Gasteiger partial charge in [0, 0.05) is 42.9 Å². The second-order valence-electron chi connectivity index (χ2n) is 11.0. The molecule has 1 N–H and O–H groups in total. The highest BCUT2D eigenvalue weighted by Gasteiger charge is 2.45. The van der Waals surface area contributed by atoms with E-state index in [1.807, 2.05) is 46.8 Å². The number of aryl methyl sites for hydroxylation is 1. The number of nitrogens with zero attached hydrogens (tertiary/aromatic N) is 6. The summed E-state index contributed by atoms with van der Waals surface area (Å²) in [5, 5.41) is 3.15. The minimum atomic E-state index is -0.439. The standard InChI is InChI=1S/C32H30FN7O2/c1-4-29(41)40-14-13-21-20(6-11-26(21)40)22-7-8-24-31(37-22)32(35-16-34-24)38-23-9-12-28(18(2)30(23)33)42-19-5-10-27-25(15-19)36-17-39(27)3/h4-5,7-10,12,15-17,20-21,26H,1,6,11,13-14H2,2-3H3,(H,34,35,38)/t20-,21-,26+/m1/s1. The van der Waals surface area contributed by atoms with E-state index in [4.69, 9.17) is 9.72 Å². The predicted molar refractivity (Wildman–Crippen MR) is 158 cm³/mol. The minimum absolute atomic E-state index is 0.00230. The number of nitrogens with one attached hydrogen (secondary N) is 1. The van der Waals surface area contributed by atoms with Gasteiger partial charge in [0.15, 0.2) is 11.6 Å². The number of rotatable bonds is 6. The van der Waals surface area contributed by atoms with Gasteiger partial charge in [-0.1, -0.05) is 6.58 Å². The van der Waals surface area contributed by atoms with Gasteiger partial charge in [-0.25, -0.2) is 24.3 Å². The van der Waals surface area contributed by atoms with Crippen LogP contribution in [-0.4, -0.2) is 47.9 Å². The molecule has 5 aromatic rings. The van der Waals surface area contributed by atoms with Crippen LogP contribution in [0.4, 0.5) is 15.9 Å². The molecule has 3 aromatic heterocycles. The van der Waals surface area contributed by atoms with Crippen molar-refractivity contribution < 1.29 is 13.9 Å². The molecule has 2 fully saturated rings. The van der Waals surface area contributed by atoms with Crippen LogP contribution in [0.2, 0.25) is 0 Å². The number of carbonyl (C=O) groups is 1. The Bertz CT molecular complexity index is 1870. The van der Waals surface area contributed by atoms with Gasteiger partial charge in [0.1, 0.15) is 23.3 Å². The molecule has 212 valence electrons. The van der Waals surface area contributed by atoms with Gasteiger partial charge in [-0.3, -0.25) is 4.79 Å². The highest BCUT2D eigenvalue weighted by molar-refractivity contribution is 5.88. The van der Waals surface area contributed by atoms with E-state index in [1.54, 1.807) is 25.4 Å². The molecule has 0 radical (unpaired) electrons. The number of ether oxygens (including phenoxy) is 1. The summed E-state index contributed by atoms with van der Waals surface area (Å²) in [6, 6.07) is 13.2. The molecule has 10 heteroatoms. The lowest BCUT2D eigenvalue weighted by atomic mass is 9.90. The topological polar surface area (TPSA) is 98.1 Å². The van der Waals surface area contributed by atoms with Crippen molar-refractivity contribution in [3.05, 3.63) is 84.8 Å². The number of aromatic nitrogens is 5. The van der Waals surface area contributed by atoms with Gasteiger partial charge in [0.25, 0.3) is 0 Å². The summed E-state index contributed by atoms with van der Waals surface area (Å²) in [6.07, 6.45) is 7.43. The van der Waals surface area contributed by atoms with Gasteiger partial charge in [-0.2, -0.15) is 0 Å². The van der Waals surface area contributed by atoms with Gasteiger partial charge < -0.3 is 19.5 Å². The summed E-state index contributed by atoms with van der Waals surface area (Å²) in [5.41, 5.74) is 4.62. The maximum absolute atomic E-state index is 15.6. The van der Waals surface area contributed by atoms with Crippen molar-refractivity contribution in [3.8, 4) is 11.5 Å². The lowest BCUT2D eigenvalue weighted by Crippen LogP contribution is -2.34. The zero-order valence-electron chi connectivity index (χ0n) is 23.4. The number of anilines is 2. The largest absolute Gasteiger partial charge is 0.457 e. The zero-order valence-corrected chi connectivity index (χ0v) is 23.4. The molecular formula is C32H30FN7O2. The van der Waals surface area contributed by atoms with E-state index in [9.17, 15) is 4.79 Å². The number of hydrogen-bond donors (Lipinski definition) is 1. The van der Waals surface area contributed by atoms with Crippen LogP contribution >= 0.6 is 0 Å². The zero-order chi connectivity index (χ0) is 29.0. The lowest BCUT2D eigenvalue weighted by Gasteiger charge is -2.23. The molecule has 0 bridgehead atoms. The van der Waals surface area contributed by atoms with Gasteiger partial charge >= 0.3 is 0 Å². The molecule has 4 heterocycles. The number of fused-ring (bicyclic) bond motifs is 3. The minimum Gasteiger partial charge on any atom is -0.457 e. The van der Waals surface area contributed by atoms with Crippen LogP contribution in [0.5, 0.6) is 11.5 Å². The quantitative estimate of drug-likeness (QED) is 0.247. The Morgan fingerprint density at radius 3 is 2.83 bits per heavy atom. The van der Waals surface area contributed by atoms with Crippen molar-refractivity contribution in [2.45, 2.75) is 38.1 Å². The number of hydrogen-bond acceptors (Lipinski definition) is 7. The van der Waals surface area contributed by atoms with Crippen LogP contribution in [0.25, 0.3) is 22.1 Å². The first-order valence-electron chi connectivity index (χ1n) is 14.1. The third kappa shape index (κ3) is 4.34. The first-order chi connectivity index (χ1) is 20.4. The highest BCUT2D eigenvalue weighted by Crippen LogP contribution is 2.47. The van der Waals surface area contributed by atoms with Crippen LogP contribution < -0.4 is 10.1 Å². The second-order valence-corrected chi connectivity index (χ2v) is 11.0. The average Bonchev–Trinajstić information content (AvgIpc) is 3.72. The molecule has 2 aromatic carbocycles. The molecule has 1 saturated carbocycles. The molecule has 1 aliphatic heterocycles. The Morgan fingerprint density at radius 2 is 1.98 bits per heavy atom. The number of imidazole rings is 1. The van der Waals surface area contributed by atoms with Crippen molar-refractivity contribution in [1.29, 1.82) is 0 Å². The van der Waals surface area contributed by atoms with E-state index in [1.165, 1.54) is 12.4 Å². The molecule has 1 saturated heterocycles. The van der Waals surface area contributed by atoms with Crippen LogP contribution in [0.1, 0.15) is 36.4 Å². The molecule has 1 aliphatic carbocycles. The van der Waals surface area contributed by atoms with E-state index >= 15 is 4.39 Å². The SMILES string of the molecule is C=CC(=O)N1CC[C@@H]2[C@H](c3ccc4ncnc(Nc5ccc(Oc6ccc7c(c6)ncn7C)c(C)c5F)c4n3)CC[C@@H]21. The highest BCUT2D eigenvalue weighted by atomic mass is 19.1. The fraction of sp³-hybridized carbons (Fsp3) is 0.281. The maximum Gasteiger partial charge on any atom is 0.246 e. The molecule has 0 unspecified atom stereocenters. The molecule has 7 rings (SSSR count). The summed E-state index contributed by atoms with van der Waals surface area (Å²) >= 11 is 0. The number of amides is 1. The van der Waals surface area contributed by atoms with E-state index in [-0.39, 0.29) is 23.6 Å². The lowest BCUT2D eigenvalue weighted by molar-refractivity contribution is -0.126. The van der Waals surface area contributed by atoms with Gasteiger partial charge in [-0.05, 0) is 74.6 Å². The van der Waals surface area contributed by atoms with Crippen LogP contribution in [0, 0.1) is 18.7 Å². The third-order valence-corrected chi connectivity index (χ3v) is 8.74. The van der Waals surface area contributed by atoms with Crippen LogP contribution in [0.15, 0.2) is 67.8 Å². The van der Waals surface area contributed by atoms with Crippen molar-refractivity contribution in [3.63, 3.8) is 0 Å². The van der Waals surface area contributed by atoms with Crippen molar-refractivity contribution in [1.82, 2.24) is 29.4 Å². The van der Waals surface area contributed by atoms with Crippen molar-refractivity contribution in [2.24, 2.45) is 13.0 Å². The molecule has 0 spiro atoms. The van der Waals surface area contributed by atoms with E-state index in [0.717, 1.165) is 42.5 Å². The fourth-order valence-electron chi connectivity index (χ4n) is 6.60. The van der Waals surface area contributed by atoms with Crippen molar-refractivity contribution >= 4 is 39.5 Å². The summed E-state index contributed by atoms with van der Waals surface area (Å²) in [6.45, 7) is 6.09. The van der Waals surface area contributed by atoms with Crippen molar-refractivity contribution in [2.75, 3.05) is 11.9 Å². The Hall–Kier alpha value is -4.86. The second kappa shape index (κ2) is 10.2. The summed E-state index contributed by atoms with van der Waals surface area (Å²) < 4.78 is 23.6.